The van der Waals surface area contributed by atoms with E-state index in [9.17, 15) is 14.7 Å². The first-order valence-corrected chi connectivity index (χ1v) is 7.52. The molecule has 0 aliphatic carbocycles. The summed E-state index contributed by atoms with van der Waals surface area (Å²) in [7, 11) is 0. The Morgan fingerprint density at radius 2 is 1.79 bits per heavy atom. The topological polar surface area (TPSA) is 99.5 Å². The van der Waals surface area contributed by atoms with E-state index in [-0.39, 0.29) is 17.9 Å². The third kappa shape index (κ3) is 3.78. The number of carboxylic acids is 1. The van der Waals surface area contributed by atoms with Gasteiger partial charge in [-0.15, -0.1) is 0 Å². The number of benzene rings is 1. The molecule has 2 rings (SSSR count). The van der Waals surface area contributed by atoms with Crippen LogP contribution in [-0.4, -0.2) is 33.7 Å². The predicted octanol–water partition coefficient (Wildman–Crippen LogP) is 2.17. The summed E-state index contributed by atoms with van der Waals surface area (Å²) >= 11 is 0. The molecule has 6 nitrogen and oxygen atoms in total. The number of aryl methyl sites for hydroxylation is 3. The predicted molar refractivity (Wildman–Crippen MR) is 89.1 cm³/mol. The van der Waals surface area contributed by atoms with Gasteiger partial charge in [0.1, 0.15) is 5.69 Å². The average Bonchev–Trinajstić information content (AvgIpc) is 2.52. The lowest BCUT2D eigenvalue weighted by atomic mass is 9.94. The van der Waals surface area contributed by atoms with Gasteiger partial charge in [0.2, 0.25) is 0 Å². The van der Waals surface area contributed by atoms with Gasteiger partial charge in [0.25, 0.3) is 5.91 Å². The van der Waals surface area contributed by atoms with Crippen LogP contribution in [0.15, 0.2) is 30.5 Å². The highest BCUT2D eigenvalue weighted by Gasteiger charge is 2.20. The Hall–Kier alpha value is -2.73. The van der Waals surface area contributed by atoms with Gasteiger partial charge in [0, 0.05) is 6.20 Å². The molecule has 0 saturated carbocycles. The summed E-state index contributed by atoms with van der Waals surface area (Å²) in [5.74, 6) is -1.66. The van der Waals surface area contributed by atoms with E-state index < -0.39 is 17.9 Å². The second-order valence-corrected chi connectivity index (χ2v) is 5.76. The van der Waals surface area contributed by atoms with Gasteiger partial charge in [0.05, 0.1) is 18.2 Å². The lowest BCUT2D eigenvalue weighted by Gasteiger charge is -2.21. The fourth-order valence-corrected chi connectivity index (χ4v) is 2.87. The van der Waals surface area contributed by atoms with Gasteiger partial charge in [-0.25, -0.2) is 4.79 Å². The second-order valence-electron chi connectivity index (χ2n) is 5.76. The largest absolute Gasteiger partial charge is 0.478 e. The van der Waals surface area contributed by atoms with Crippen molar-refractivity contribution in [2.75, 3.05) is 6.61 Å². The first-order chi connectivity index (χ1) is 11.3. The van der Waals surface area contributed by atoms with Gasteiger partial charge >= 0.3 is 5.97 Å². The zero-order chi connectivity index (χ0) is 17.9. The van der Waals surface area contributed by atoms with Gasteiger partial charge in [0.15, 0.2) is 0 Å². The van der Waals surface area contributed by atoms with Gasteiger partial charge in [-0.3, -0.25) is 9.78 Å². The molecular formula is C18H20N2O4. The van der Waals surface area contributed by atoms with Crippen LogP contribution in [-0.2, 0) is 0 Å². The Bertz CT molecular complexity index is 763. The Labute approximate surface area is 140 Å². The van der Waals surface area contributed by atoms with Gasteiger partial charge in [-0.05, 0) is 49.6 Å². The third-order valence-electron chi connectivity index (χ3n) is 3.81. The molecule has 1 aromatic carbocycles. The van der Waals surface area contributed by atoms with Gasteiger partial charge < -0.3 is 15.5 Å². The maximum absolute atomic E-state index is 12.4. The minimum absolute atomic E-state index is 0.00392. The maximum atomic E-state index is 12.4. The number of rotatable bonds is 5. The van der Waals surface area contributed by atoms with Crippen LogP contribution < -0.4 is 5.32 Å². The Morgan fingerprint density at radius 3 is 2.33 bits per heavy atom. The molecule has 1 aromatic heterocycles. The number of hydrogen-bond acceptors (Lipinski definition) is 4. The van der Waals surface area contributed by atoms with Crippen molar-refractivity contribution in [3.63, 3.8) is 0 Å². The van der Waals surface area contributed by atoms with Crippen molar-refractivity contribution in [1.82, 2.24) is 10.3 Å². The number of carbonyl (C=O) groups is 2. The molecule has 0 saturated heterocycles. The second kappa shape index (κ2) is 7.23. The van der Waals surface area contributed by atoms with E-state index in [0.717, 1.165) is 22.3 Å². The summed E-state index contributed by atoms with van der Waals surface area (Å²) in [6, 6.07) is 5.91. The number of aromatic carboxylic acids is 1. The standard InChI is InChI=1S/C18H20N2O4/c1-10-6-11(2)16(12(3)7-10)15(9-21)20-17(22)14-8-13(18(23)24)4-5-19-14/h4-8,15,21H,9H2,1-3H3,(H,20,22)(H,23,24). The smallest absolute Gasteiger partial charge is 0.335 e. The quantitative estimate of drug-likeness (QED) is 0.781. The molecule has 1 atom stereocenters. The van der Waals surface area contributed by atoms with E-state index in [1.165, 1.54) is 18.3 Å². The Morgan fingerprint density at radius 1 is 1.17 bits per heavy atom. The lowest BCUT2D eigenvalue weighted by Crippen LogP contribution is -2.32. The van der Waals surface area contributed by atoms with E-state index in [1.807, 2.05) is 32.9 Å². The normalized spacial score (nSPS) is 11.8. The highest BCUT2D eigenvalue weighted by atomic mass is 16.4. The number of amides is 1. The lowest BCUT2D eigenvalue weighted by molar-refractivity contribution is 0.0696. The van der Waals surface area contributed by atoms with Crippen molar-refractivity contribution in [2.24, 2.45) is 0 Å². The van der Waals surface area contributed by atoms with E-state index in [1.54, 1.807) is 0 Å². The first-order valence-electron chi connectivity index (χ1n) is 7.52. The van der Waals surface area contributed by atoms with Gasteiger partial charge in [-0.2, -0.15) is 0 Å². The number of pyridine rings is 1. The van der Waals surface area contributed by atoms with Crippen LogP contribution in [0.2, 0.25) is 0 Å². The number of aliphatic hydroxyl groups excluding tert-OH is 1. The molecule has 24 heavy (non-hydrogen) atoms. The Balaban J connectivity index is 2.29. The van der Waals surface area contributed by atoms with Crippen LogP contribution >= 0.6 is 0 Å². The van der Waals surface area contributed by atoms with Crippen LogP contribution in [0, 0.1) is 20.8 Å². The molecule has 1 amide bonds. The zero-order valence-electron chi connectivity index (χ0n) is 13.8. The summed E-state index contributed by atoms with van der Waals surface area (Å²) < 4.78 is 0. The van der Waals surface area contributed by atoms with E-state index in [4.69, 9.17) is 5.11 Å². The van der Waals surface area contributed by atoms with Crippen molar-refractivity contribution in [2.45, 2.75) is 26.8 Å². The molecule has 6 heteroatoms. The molecule has 2 aromatic rings. The SMILES string of the molecule is Cc1cc(C)c(C(CO)NC(=O)c2cc(C(=O)O)ccn2)c(C)c1. The van der Waals surface area contributed by atoms with Crippen molar-refractivity contribution >= 4 is 11.9 Å². The summed E-state index contributed by atoms with van der Waals surface area (Å²) in [5, 5.41) is 21.4. The minimum Gasteiger partial charge on any atom is -0.478 e. The van der Waals surface area contributed by atoms with Crippen LogP contribution in [0.25, 0.3) is 0 Å². The van der Waals surface area contributed by atoms with Crippen molar-refractivity contribution in [1.29, 1.82) is 0 Å². The monoisotopic (exact) mass is 328 g/mol. The number of hydrogen-bond donors (Lipinski definition) is 3. The summed E-state index contributed by atoms with van der Waals surface area (Å²) in [6.07, 6.45) is 1.27. The molecule has 0 fully saturated rings. The number of aliphatic hydroxyl groups is 1. The molecule has 126 valence electrons. The molecule has 0 spiro atoms. The third-order valence-corrected chi connectivity index (χ3v) is 3.81. The number of carbonyl (C=O) groups excluding carboxylic acids is 1. The molecule has 0 radical (unpaired) electrons. The van der Waals surface area contributed by atoms with Crippen molar-refractivity contribution < 1.29 is 19.8 Å². The number of carboxylic acid groups (broad SMARTS) is 1. The summed E-state index contributed by atoms with van der Waals surface area (Å²) in [4.78, 5) is 27.3. The summed E-state index contributed by atoms with van der Waals surface area (Å²) in [5.41, 5.74) is 3.88. The van der Waals surface area contributed by atoms with Crippen molar-refractivity contribution in [3.05, 3.63) is 64.0 Å². The fourth-order valence-electron chi connectivity index (χ4n) is 2.87. The zero-order valence-corrected chi connectivity index (χ0v) is 13.8. The molecule has 0 aliphatic heterocycles. The van der Waals surface area contributed by atoms with E-state index >= 15 is 0 Å². The van der Waals surface area contributed by atoms with E-state index in [0.29, 0.717) is 0 Å². The van der Waals surface area contributed by atoms with Crippen LogP contribution in [0.1, 0.15) is 49.1 Å². The summed E-state index contributed by atoms with van der Waals surface area (Å²) in [6.45, 7) is 5.56. The average molecular weight is 328 g/mol. The van der Waals surface area contributed by atoms with Crippen LogP contribution in [0.3, 0.4) is 0 Å². The van der Waals surface area contributed by atoms with Crippen LogP contribution in [0.5, 0.6) is 0 Å². The highest BCUT2D eigenvalue weighted by molar-refractivity contribution is 5.96. The minimum atomic E-state index is -1.13. The molecule has 0 bridgehead atoms. The molecular weight excluding hydrogens is 308 g/mol. The van der Waals surface area contributed by atoms with E-state index in [2.05, 4.69) is 10.3 Å². The molecule has 3 N–H and O–H groups in total. The maximum Gasteiger partial charge on any atom is 0.335 e. The first kappa shape index (κ1) is 17.6. The van der Waals surface area contributed by atoms with Crippen LogP contribution in [0.4, 0.5) is 0 Å². The van der Waals surface area contributed by atoms with Crippen molar-refractivity contribution in [3.8, 4) is 0 Å². The highest BCUT2D eigenvalue weighted by Crippen LogP contribution is 2.23. The number of nitrogens with zero attached hydrogens (tertiary/aromatic N) is 1. The Kier molecular flexibility index (Phi) is 5.31. The molecule has 1 unspecified atom stereocenters. The van der Waals surface area contributed by atoms with Gasteiger partial charge in [-0.1, -0.05) is 17.7 Å². The molecule has 1 heterocycles. The molecule has 0 aliphatic rings. The number of aromatic nitrogens is 1. The fraction of sp³-hybridized carbons (Fsp3) is 0.278. The number of nitrogens with one attached hydrogen (secondary N) is 1.